The molecule has 1 aromatic heterocycles. The number of nitrogens with one attached hydrogen (secondary N) is 1. The van der Waals surface area contributed by atoms with Crippen molar-refractivity contribution in [2.24, 2.45) is 0 Å². The second kappa shape index (κ2) is 5.39. The number of oxazole rings is 1. The van der Waals surface area contributed by atoms with Gasteiger partial charge in [0.1, 0.15) is 5.76 Å². The van der Waals surface area contributed by atoms with Crippen LogP contribution in [0.5, 0.6) is 0 Å². The number of rotatable bonds is 5. The Hall–Kier alpha value is -1.27. The summed E-state index contributed by atoms with van der Waals surface area (Å²) in [6.07, 6.45) is 8.49. The lowest BCUT2D eigenvalue weighted by molar-refractivity contribution is 0.441. The van der Waals surface area contributed by atoms with Gasteiger partial charge in [0.25, 0.3) is 0 Å². The van der Waals surface area contributed by atoms with E-state index in [1.807, 2.05) is 6.92 Å². The topological polar surface area (TPSA) is 38.1 Å². The minimum atomic E-state index is 0.654. The van der Waals surface area contributed by atoms with Gasteiger partial charge in [-0.25, -0.2) is 4.98 Å². The Morgan fingerprint density at radius 1 is 1.69 bits per heavy atom. The fourth-order valence-corrected chi connectivity index (χ4v) is 0.949. The summed E-state index contributed by atoms with van der Waals surface area (Å²) in [5, 5.41) is 3.14. The van der Waals surface area contributed by atoms with E-state index in [1.54, 1.807) is 6.20 Å². The van der Waals surface area contributed by atoms with Crippen molar-refractivity contribution in [1.29, 1.82) is 0 Å². The van der Waals surface area contributed by atoms with Gasteiger partial charge < -0.3 is 9.73 Å². The van der Waals surface area contributed by atoms with Crippen LogP contribution < -0.4 is 5.32 Å². The molecule has 0 unspecified atom stereocenters. The quantitative estimate of drug-likeness (QED) is 0.546. The highest BCUT2D eigenvalue weighted by Crippen LogP contribution is 2.03. The maximum Gasteiger partial charge on any atom is 0.208 e. The molecule has 0 fully saturated rings. The molecule has 0 atom stereocenters. The molecule has 1 rings (SSSR count). The van der Waals surface area contributed by atoms with Crippen molar-refractivity contribution >= 4 is 0 Å². The molecule has 0 aliphatic carbocycles. The van der Waals surface area contributed by atoms with Crippen molar-refractivity contribution < 1.29 is 4.42 Å². The van der Waals surface area contributed by atoms with E-state index in [0.717, 1.165) is 31.0 Å². The summed E-state index contributed by atoms with van der Waals surface area (Å²) in [5.74, 6) is 4.21. The van der Waals surface area contributed by atoms with Crippen LogP contribution in [0.3, 0.4) is 0 Å². The zero-order chi connectivity index (χ0) is 9.52. The van der Waals surface area contributed by atoms with Crippen molar-refractivity contribution in [3.8, 4) is 12.3 Å². The molecular formula is C10H14N2O. The van der Waals surface area contributed by atoms with Crippen LogP contribution in [-0.2, 0) is 13.0 Å². The summed E-state index contributed by atoms with van der Waals surface area (Å²) >= 11 is 0. The van der Waals surface area contributed by atoms with E-state index in [0.29, 0.717) is 6.54 Å². The third-order valence-electron chi connectivity index (χ3n) is 1.67. The van der Waals surface area contributed by atoms with Crippen LogP contribution in [0.2, 0.25) is 0 Å². The standard InChI is InChI=1S/C10H14N2O/c1-3-5-6-11-8-10-12-7-9(4-2)13-10/h1,7,11H,4-6,8H2,2H3. The Labute approximate surface area is 78.5 Å². The third-order valence-corrected chi connectivity index (χ3v) is 1.67. The van der Waals surface area contributed by atoms with Crippen molar-refractivity contribution in [2.45, 2.75) is 26.3 Å². The monoisotopic (exact) mass is 178 g/mol. The first-order chi connectivity index (χ1) is 6.36. The molecule has 0 spiro atoms. The molecule has 0 aromatic carbocycles. The number of hydrogen-bond acceptors (Lipinski definition) is 3. The molecule has 70 valence electrons. The summed E-state index contributed by atoms with van der Waals surface area (Å²) in [6.45, 7) is 3.50. The zero-order valence-corrected chi connectivity index (χ0v) is 7.84. The van der Waals surface area contributed by atoms with Crippen molar-refractivity contribution in [1.82, 2.24) is 10.3 Å². The first kappa shape index (κ1) is 9.82. The molecular weight excluding hydrogens is 164 g/mol. The van der Waals surface area contributed by atoms with E-state index in [2.05, 4.69) is 16.2 Å². The number of terminal acetylenes is 1. The molecule has 0 radical (unpaired) electrons. The van der Waals surface area contributed by atoms with Gasteiger partial charge in [-0.05, 0) is 0 Å². The summed E-state index contributed by atoms with van der Waals surface area (Å²) in [4.78, 5) is 4.10. The normalized spacial score (nSPS) is 9.85. The Morgan fingerprint density at radius 3 is 3.15 bits per heavy atom. The van der Waals surface area contributed by atoms with Gasteiger partial charge in [0.2, 0.25) is 5.89 Å². The van der Waals surface area contributed by atoms with Crippen LogP contribution >= 0.6 is 0 Å². The van der Waals surface area contributed by atoms with Gasteiger partial charge in [-0.3, -0.25) is 0 Å². The highest BCUT2D eigenvalue weighted by Gasteiger charge is 2.00. The van der Waals surface area contributed by atoms with Crippen molar-refractivity contribution in [3.05, 3.63) is 17.8 Å². The van der Waals surface area contributed by atoms with Gasteiger partial charge in [0, 0.05) is 19.4 Å². The fourth-order valence-electron chi connectivity index (χ4n) is 0.949. The Kier molecular flexibility index (Phi) is 4.07. The predicted octanol–water partition coefficient (Wildman–Crippen LogP) is 1.35. The lowest BCUT2D eigenvalue weighted by Crippen LogP contribution is -2.14. The van der Waals surface area contributed by atoms with Crippen molar-refractivity contribution in [2.75, 3.05) is 6.54 Å². The molecule has 3 heteroatoms. The summed E-state index contributed by atoms with van der Waals surface area (Å²) in [6, 6.07) is 0. The first-order valence-electron chi connectivity index (χ1n) is 4.44. The average molecular weight is 178 g/mol. The maximum atomic E-state index is 5.39. The predicted molar refractivity (Wildman–Crippen MR) is 51.0 cm³/mol. The first-order valence-corrected chi connectivity index (χ1v) is 4.44. The highest BCUT2D eigenvalue weighted by atomic mass is 16.4. The molecule has 13 heavy (non-hydrogen) atoms. The second-order valence-corrected chi connectivity index (χ2v) is 2.70. The molecule has 1 aromatic rings. The molecule has 1 N–H and O–H groups in total. The lowest BCUT2D eigenvalue weighted by Gasteiger charge is -1.96. The lowest BCUT2D eigenvalue weighted by atomic mass is 10.4. The number of nitrogens with zero attached hydrogens (tertiary/aromatic N) is 1. The fraction of sp³-hybridized carbons (Fsp3) is 0.500. The van der Waals surface area contributed by atoms with E-state index < -0.39 is 0 Å². The molecule has 0 saturated carbocycles. The summed E-state index contributed by atoms with van der Waals surface area (Å²) < 4.78 is 5.39. The zero-order valence-electron chi connectivity index (χ0n) is 7.84. The van der Waals surface area contributed by atoms with E-state index >= 15 is 0 Å². The Morgan fingerprint density at radius 2 is 2.54 bits per heavy atom. The third kappa shape index (κ3) is 3.30. The van der Waals surface area contributed by atoms with E-state index in [1.165, 1.54) is 0 Å². The molecule has 0 aliphatic heterocycles. The minimum absolute atomic E-state index is 0.654. The van der Waals surface area contributed by atoms with E-state index in [4.69, 9.17) is 10.8 Å². The molecule has 0 bridgehead atoms. The number of hydrogen-bond donors (Lipinski definition) is 1. The SMILES string of the molecule is C#CCCNCc1ncc(CC)o1. The molecule has 0 saturated heterocycles. The smallest absolute Gasteiger partial charge is 0.208 e. The average Bonchev–Trinajstić information content (AvgIpc) is 2.60. The van der Waals surface area contributed by atoms with Gasteiger partial charge in [-0.1, -0.05) is 6.92 Å². The maximum absolute atomic E-state index is 5.39. The Balaban J connectivity index is 2.25. The van der Waals surface area contributed by atoms with Crippen molar-refractivity contribution in [3.63, 3.8) is 0 Å². The summed E-state index contributed by atoms with van der Waals surface area (Å²) in [5.41, 5.74) is 0. The van der Waals surface area contributed by atoms with Crippen LogP contribution in [0, 0.1) is 12.3 Å². The number of aryl methyl sites for hydroxylation is 1. The molecule has 3 nitrogen and oxygen atoms in total. The largest absolute Gasteiger partial charge is 0.444 e. The second-order valence-electron chi connectivity index (χ2n) is 2.70. The van der Waals surface area contributed by atoms with Gasteiger partial charge in [-0.2, -0.15) is 0 Å². The molecule has 0 aliphatic rings. The van der Waals surface area contributed by atoms with Crippen LogP contribution in [0.4, 0.5) is 0 Å². The summed E-state index contributed by atoms with van der Waals surface area (Å²) in [7, 11) is 0. The minimum Gasteiger partial charge on any atom is -0.444 e. The van der Waals surface area contributed by atoms with Crippen LogP contribution in [-0.4, -0.2) is 11.5 Å². The Bertz CT molecular complexity index is 285. The molecule has 0 amide bonds. The van der Waals surface area contributed by atoms with Crippen LogP contribution in [0.25, 0.3) is 0 Å². The van der Waals surface area contributed by atoms with Gasteiger partial charge in [-0.15, -0.1) is 12.3 Å². The van der Waals surface area contributed by atoms with Gasteiger partial charge in [0.15, 0.2) is 0 Å². The van der Waals surface area contributed by atoms with E-state index in [9.17, 15) is 0 Å². The van der Waals surface area contributed by atoms with Gasteiger partial charge in [0.05, 0.1) is 12.7 Å². The highest BCUT2D eigenvalue weighted by molar-refractivity contribution is 4.93. The molecule has 1 heterocycles. The van der Waals surface area contributed by atoms with Gasteiger partial charge >= 0.3 is 0 Å². The number of aromatic nitrogens is 1. The van der Waals surface area contributed by atoms with E-state index in [-0.39, 0.29) is 0 Å². The van der Waals surface area contributed by atoms with Crippen LogP contribution in [0.1, 0.15) is 25.0 Å². The van der Waals surface area contributed by atoms with Crippen LogP contribution in [0.15, 0.2) is 10.6 Å².